The Labute approximate surface area is 104 Å². The Hall–Kier alpha value is -0.860. The van der Waals surface area contributed by atoms with E-state index in [1.807, 2.05) is 0 Å². The van der Waals surface area contributed by atoms with E-state index in [9.17, 15) is 5.21 Å². The molecule has 94 valence electrons. The molecule has 0 unspecified atom stereocenters. The topological polar surface area (TPSA) is 23.5 Å². The first-order valence-corrected chi connectivity index (χ1v) is 6.22. The third kappa shape index (κ3) is 1.71. The third-order valence-electron chi connectivity index (χ3n) is 4.03. The molecule has 0 fully saturated rings. The lowest BCUT2D eigenvalue weighted by Crippen LogP contribution is -2.48. The Morgan fingerprint density at radius 1 is 0.824 bits per heavy atom. The molecular weight excluding hydrogens is 210 g/mol. The zero-order chi connectivity index (χ0) is 13.1. The molecule has 0 radical (unpaired) electrons. The normalized spacial score (nSPS) is 29.4. The highest BCUT2D eigenvalue weighted by atomic mass is 16.5. The van der Waals surface area contributed by atoms with Crippen molar-refractivity contribution in [2.45, 2.75) is 52.6 Å². The van der Waals surface area contributed by atoms with E-state index < -0.39 is 0 Å². The minimum atomic E-state index is -0.333. The molecule has 1 aliphatic carbocycles. The fraction of sp³-hybridized carbons (Fsp3) is 0.600. The summed E-state index contributed by atoms with van der Waals surface area (Å²) in [6, 6.07) is 0. The van der Waals surface area contributed by atoms with Gasteiger partial charge in [-0.1, -0.05) is 38.2 Å². The predicted octanol–water partition coefficient (Wildman–Crippen LogP) is 3.70. The molecule has 17 heavy (non-hydrogen) atoms. The SMILES string of the molecule is CC1(C)C=CC2=C(C=C1)C(C)(C)N(O)C2(C)C. The van der Waals surface area contributed by atoms with Gasteiger partial charge in [0.25, 0.3) is 0 Å². The summed E-state index contributed by atoms with van der Waals surface area (Å²) in [5.41, 5.74) is 1.84. The van der Waals surface area contributed by atoms with E-state index in [2.05, 4.69) is 65.8 Å². The highest BCUT2D eigenvalue weighted by molar-refractivity contribution is 5.52. The molecule has 1 aliphatic heterocycles. The number of nitrogens with zero attached hydrogens (tertiary/aromatic N) is 1. The summed E-state index contributed by atoms with van der Waals surface area (Å²) in [4.78, 5) is 0. The summed E-state index contributed by atoms with van der Waals surface area (Å²) >= 11 is 0. The molecule has 0 saturated carbocycles. The van der Waals surface area contributed by atoms with Gasteiger partial charge in [0, 0.05) is 5.41 Å². The molecule has 1 heterocycles. The molecule has 2 aliphatic rings. The second kappa shape index (κ2) is 3.33. The molecular formula is C15H23NO. The first-order valence-electron chi connectivity index (χ1n) is 6.22. The summed E-state index contributed by atoms with van der Waals surface area (Å²) < 4.78 is 0. The van der Waals surface area contributed by atoms with Crippen molar-refractivity contribution in [1.29, 1.82) is 0 Å². The van der Waals surface area contributed by atoms with Gasteiger partial charge in [0.05, 0.1) is 11.1 Å². The molecule has 2 heteroatoms. The summed E-state index contributed by atoms with van der Waals surface area (Å²) in [6.45, 7) is 12.6. The summed E-state index contributed by atoms with van der Waals surface area (Å²) in [5.74, 6) is 0. The van der Waals surface area contributed by atoms with Crippen molar-refractivity contribution in [1.82, 2.24) is 5.06 Å². The van der Waals surface area contributed by atoms with Crippen LogP contribution >= 0.6 is 0 Å². The largest absolute Gasteiger partial charge is 0.312 e. The first kappa shape index (κ1) is 12.6. The predicted molar refractivity (Wildman–Crippen MR) is 70.9 cm³/mol. The molecule has 2 nitrogen and oxygen atoms in total. The number of hydrogen-bond acceptors (Lipinski definition) is 2. The minimum absolute atomic E-state index is 0.0801. The van der Waals surface area contributed by atoms with Crippen molar-refractivity contribution in [3.05, 3.63) is 35.5 Å². The van der Waals surface area contributed by atoms with Gasteiger partial charge < -0.3 is 5.21 Å². The van der Waals surface area contributed by atoms with Crippen LogP contribution in [0.15, 0.2) is 35.5 Å². The van der Waals surface area contributed by atoms with Crippen molar-refractivity contribution in [3.8, 4) is 0 Å². The Balaban J connectivity index is 2.60. The maximum absolute atomic E-state index is 10.4. The Morgan fingerprint density at radius 3 is 1.53 bits per heavy atom. The summed E-state index contributed by atoms with van der Waals surface area (Å²) in [7, 11) is 0. The van der Waals surface area contributed by atoms with E-state index >= 15 is 0 Å². The highest BCUT2D eigenvalue weighted by Crippen LogP contribution is 2.46. The van der Waals surface area contributed by atoms with Gasteiger partial charge >= 0.3 is 0 Å². The van der Waals surface area contributed by atoms with Gasteiger partial charge in [0.2, 0.25) is 0 Å². The number of hydroxylamine groups is 2. The molecule has 0 aromatic carbocycles. The third-order valence-corrected chi connectivity index (χ3v) is 4.03. The number of rotatable bonds is 0. The van der Waals surface area contributed by atoms with Gasteiger partial charge in [-0.15, -0.1) is 0 Å². The molecule has 0 amide bonds. The van der Waals surface area contributed by atoms with E-state index in [1.54, 1.807) is 0 Å². The van der Waals surface area contributed by atoms with E-state index in [0.717, 1.165) is 0 Å². The van der Waals surface area contributed by atoms with Crippen LogP contribution in [0.1, 0.15) is 41.5 Å². The lowest BCUT2D eigenvalue weighted by molar-refractivity contribution is -0.186. The lowest BCUT2D eigenvalue weighted by atomic mass is 9.91. The molecule has 0 saturated heterocycles. The smallest absolute Gasteiger partial charge is 0.0665 e. The maximum Gasteiger partial charge on any atom is 0.0665 e. The van der Waals surface area contributed by atoms with Gasteiger partial charge in [-0.3, -0.25) is 0 Å². The Bertz CT molecular complexity index is 398. The van der Waals surface area contributed by atoms with Crippen LogP contribution in [0.25, 0.3) is 0 Å². The second-order valence-corrected chi connectivity index (χ2v) is 6.75. The van der Waals surface area contributed by atoms with Crippen LogP contribution in [-0.2, 0) is 0 Å². The second-order valence-electron chi connectivity index (χ2n) is 6.75. The minimum Gasteiger partial charge on any atom is -0.312 e. The van der Waals surface area contributed by atoms with Crippen LogP contribution in [0, 0.1) is 5.41 Å². The van der Waals surface area contributed by atoms with Gasteiger partial charge in [-0.05, 0) is 38.8 Å². The van der Waals surface area contributed by atoms with E-state index in [0.29, 0.717) is 0 Å². The van der Waals surface area contributed by atoms with E-state index in [1.165, 1.54) is 16.2 Å². The standard InChI is InChI=1S/C15H23NO/c1-13(2)9-7-11-12(8-10-13)15(5,6)16(17)14(11,3)4/h7-10,17H,1-6H3. The van der Waals surface area contributed by atoms with E-state index in [-0.39, 0.29) is 16.5 Å². The van der Waals surface area contributed by atoms with Gasteiger partial charge in [-0.2, -0.15) is 5.06 Å². The highest BCUT2D eigenvalue weighted by Gasteiger charge is 2.49. The van der Waals surface area contributed by atoms with Gasteiger partial charge in [0.15, 0.2) is 0 Å². The summed E-state index contributed by atoms with van der Waals surface area (Å²) in [5, 5.41) is 11.8. The molecule has 1 N–H and O–H groups in total. The van der Waals surface area contributed by atoms with Crippen molar-refractivity contribution in [2.24, 2.45) is 5.41 Å². The van der Waals surface area contributed by atoms with Crippen molar-refractivity contribution in [2.75, 3.05) is 0 Å². The average Bonchev–Trinajstić information content (AvgIpc) is 2.32. The molecule has 0 atom stereocenters. The molecule has 0 aromatic rings. The maximum atomic E-state index is 10.4. The monoisotopic (exact) mass is 233 g/mol. The quantitative estimate of drug-likeness (QED) is 0.689. The van der Waals surface area contributed by atoms with Crippen LogP contribution in [0.2, 0.25) is 0 Å². The summed E-state index contributed by atoms with van der Waals surface area (Å²) in [6.07, 6.45) is 8.77. The van der Waals surface area contributed by atoms with Crippen LogP contribution < -0.4 is 0 Å². The average molecular weight is 233 g/mol. The molecule has 0 spiro atoms. The van der Waals surface area contributed by atoms with Gasteiger partial charge in [-0.25, -0.2) is 0 Å². The molecule has 2 rings (SSSR count). The van der Waals surface area contributed by atoms with Crippen molar-refractivity contribution < 1.29 is 5.21 Å². The Morgan fingerprint density at radius 2 is 1.18 bits per heavy atom. The zero-order valence-corrected chi connectivity index (χ0v) is 11.7. The van der Waals surface area contributed by atoms with Crippen molar-refractivity contribution in [3.63, 3.8) is 0 Å². The zero-order valence-electron chi connectivity index (χ0n) is 11.7. The lowest BCUT2D eigenvalue weighted by Gasteiger charge is -2.36. The van der Waals surface area contributed by atoms with E-state index in [4.69, 9.17) is 0 Å². The fourth-order valence-electron chi connectivity index (χ4n) is 2.83. The molecule has 0 aromatic heterocycles. The van der Waals surface area contributed by atoms with Crippen LogP contribution in [0.3, 0.4) is 0 Å². The fourth-order valence-corrected chi connectivity index (χ4v) is 2.83. The van der Waals surface area contributed by atoms with Crippen molar-refractivity contribution >= 4 is 0 Å². The molecule has 0 bridgehead atoms. The van der Waals surface area contributed by atoms with Gasteiger partial charge in [0.1, 0.15) is 0 Å². The first-order chi connectivity index (χ1) is 7.59. The van der Waals surface area contributed by atoms with Crippen LogP contribution in [0.5, 0.6) is 0 Å². The Kier molecular flexibility index (Phi) is 2.47. The number of hydrogen-bond donors (Lipinski definition) is 1. The van der Waals surface area contributed by atoms with Crippen LogP contribution in [0.4, 0.5) is 0 Å². The number of allylic oxidation sites excluding steroid dienone is 2. The van der Waals surface area contributed by atoms with Crippen LogP contribution in [-0.4, -0.2) is 21.3 Å².